The first-order valence-corrected chi connectivity index (χ1v) is 7.98. The second-order valence-electron chi connectivity index (χ2n) is 5.27. The van der Waals surface area contributed by atoms with Gasteiger partial charge in [-0.15, -0.1) is 0 Å². The van der Waals surface area contributed by atoms with Crippen LogP contribution in [0.15, 0.2) is 48.8 Å². The first-order chi connectivity index (χ1) is 10.7. The molecule has 0 atom stereocenters. The number of nitrogens with zero attached hydrogens (tertiary/aromatic N) is 4. The van der Waals surface area contributed by atoms with E-state index in [9.17, 15) is 0 Å². The van der Waals surface area contributed by atoms with Crippen molar-refractivity contribution in [2.75, 3.05) is 4.90 Å². The Kier molecular flexibility index (Phi) is 4.44. The zero-order valence-corrected chi connectivity index (χ0v) is 13.5. The van der Waals surface area contributed by atoms with Crippen LogP contribution in [-0.2, 0) is 13.1 Å². The molecule has 5 heteroatoms. The highest BCUT2D eigenvalue weighted by Gasteiger charge is 2.14. The molecule has 1 aromatic carbocycles. The molecule has 0 N–H and O–H groups in total. The minimum atomic E-state index is 0.775. The molecule has 2 aromatic heterocycles. The minimum absolute atomic E-state index is 0.775. The fourth-order valence-electron chi connectivity index (χ4n) is 2.31. The van der Waals surface area contributed by atoms with Crippen LogP contribution in [0.4, 0.5) is 5.13 Å². The molecule has 0 spiro atoms. The van der Waals surface area contributed by atoms with Gasteiger partial charge in [-0.2, -0.15) is 4.37 Å². The van der Waals surface area contributed by atoms with Gasteiger partial charge in [0.1, 0.15) is 5.82 Å². The van der Waals surface area contributed by atoms with Crippen molar-refractivity contribution in [3.05, 3.63) is 71.3 Å². The Morgan fingerprint density at radius 2 is 1.91 bits per heavy atom. The van der Waals surface area contributed by atoms with Gasteiger partial charge in [-0.25, -0.2) is 4.98 Å². The average Bonchev–Trinajstić information content (AvgIpc) is 2.96. The summed E-state index contributed by atoms with van der Waals surface area (Å²) in [4.78, 5) is 11.0. The van der Waals surface area contributed by atoms with Crippen LogP contribution >= 0.6 is 11.5 Å². The van der Waals surface area contributed by atoms with Crippen molar-refractivity contribution in [2.45, 2.75) is 26.9 Å². The zero-order chi connectivity index (χ0) is 15.4. The van der Waals surface area contributed by atoms with E-state index in [-0.39, 0.29) is 0 Å². The number of hydrogen-bond acceptors (Lipinski definition) is 5. The maximum Gasteiger partial charge on any atom is 0.205 e. The lowest BCUT2D eigenvalue weighted by Gasteiger charge is -2.22. The predicted octanol–water partition coefficient (Wildman–Crippen LogP) is 3.76. The third-order valence-corrected chi connectivity index (χ3v) is 4.37. The Hall–Kier alpha value is -2.27. The Bertz CT molecular complexity index is 739. The summed E-state index contributed by atoms with van der Waals surface area (Å²) >= 11 is 1.45. The predicted molar refractivity (Wildman–Crippen MR) is 89.9 cm³/mol. The van der Waals surface area contributed by atoms with Crippen molar-refractivity contribution in [1.82, 2.24) is 14.3 Å². The quantitative estimate of drug-likeness (QED) is 0.719. The van der Waals surface area contributed by atoms with Gasteiger partial charge in [0, 0.05) is 37.0 Å². The molecule has 0 aliphatic rings. The molecule has 0 radical (unpaired) electrons. The maximum atomic E-state index is 4.55. The molecule has 0 saturated carbocycles. The number of anilines is 1. The fourth-order valence-corrected chi connectivity index (χ4v) is 2.98. The summed E-state index contributed by atoms with van der Waals surface area (Å²) in [5, 5.41) is 0.949. The van der Waals surface area contributed by atoms with Gasteiger partial charge in [-0.1, -0.05) is 30.3 Å². The zero-order valence-electron chi connectivity index (χ0n) is 12.7. The minimum Gasteiger partial charge on any atom is -0.338 e. The van der Waals surface area contributed by atoms with Crippen molar-refractivity contribution in [3.63, 3.8) is 0 Å². The molecular formula is C17H18N4S. The maximum absolute atomic E-state index is 4.55. The van der Waals surface area contributed by atoms with Gasteiger partial charge in [0.25, 0.3) is 0 Å². The molecule has 2 heterocycles. The third-order valence-electron chi connectivity index (χ3n) is 3.51. The molecule has 3 rings (SSSR count). The average molecular weight is 310 g/mol. The van der Waals surface area contributed by atoms with Crippen molar-refractivity contribution >= 4 is 16.7 Å². The normalized spacial score (nSPS) is 10.6. The highest BCUT2D eigenvalue weighted by molar-refractivity contribution is 7.09. The number of aryl methyl sites for hydroxylation is 2. The van der Waals surface area contributed by atoms with E-state index in [1.807, 2.05) is 19.2 Å². The number of benzene rings is 1. The van der Waals surface area contributed by atoms with E-state index in [1.54, 1.807) is 6.20 Å². The molecule has 22 heavy (non-hydrogen) atoms. The van der Waals surface area contributed by atoms with Gasteiger partial charge >= 0.3 is 0 Å². The molecule has 3 aromatic rings. The highest BCUT2D eigenvalue weighted by atomic mass is 32.1. The Labute approximate surface area is 134 Å². The van der Waals surface area contributed by atoms with Crippen LogP contribution in [0.3, 0.4) is 0 Å². The largest absolute Gasteiger partial charge is 0.338 e. The molecule has 4 nitrogen and oxygen atoms in total. The molecule has 0 unspecified atom stereocenters. The third kappa shape index (κ3) is 3.49. The van der Waals surface area contributed by atoms with E-state index in [2.05, 4.69) is 56.5 Å². The van der Waals surface area contributed by atoms with Crippen LogP contribution in [0.1, 0.15) is 22.5 Å². The number of pyridine rings is 1. The Balaban J connectivity index is 1.88. The van der Waals surface area contributed by atoms with Crippen molar-refractivity contribution in [1.29, 1.82) is 0 Å². The smallest absolute Gasteiger partial charge is 0.205 e. The first-order valence-electron chi connectivity index (χ1n) is 7.21. The lowest BCUT2D eigenvalue weighted by Crippen LogP contribution is -2.22. The standard InChI is InChI=1S/C17H18N4S/c1-13-6-3-4-8-16(13)12-21(17-19-14(2)20-22-17)11-15-7-5-9-18-10-15/h3-10H,11-12H2,1-2H3. The summed E-state index contributed by atoms with van der Waals surface area (Å²) in [5.74, 6) is 0.820. The summed E-state index contributed by atoms with van der Waals surface area (Å²) in [6.07, 6.45) is 3.70. The van der Waals surface area contributed by atoms with E-state index < -0.39 is 0 Å². The second-order valence-corrected chi connectivity index (χ2v) is 6.00. The molecule has 0 aliphatic carbocycles. The summed E-state index contributed by atoms with van der Waals surface area (Å²) in [6, 6.07) is 12.5. The number of rotatable bonds is 5. The highest BCUT2D eigenvalue weighted by Crippen LogP contribution is 2.23. The summed E-state index contributed by atoms with van der Waals surface area (Å²) in [6.45, 7) is 5.66. The first kappa shape index (κ1) is 14.7. The van der Waals surface area contributed by atoms with E-state index in [4.69, 9.17) is 0 Å². The summed E-state index contributed by atoms with van der Waals surface area (Å²) < 4.78 is 4.32. The molecular weight excluding hydrogens is 292 g/mol. The van der Waals surface area contributed by atoms with Gasteiger partial charge < -0.3 is 4.90 Å². The van der Waals surface area contributed by atoms with Crippen LogP contribution in [0.25, 0.3) is 0 Å². The Morgan fingerprint density at radius 3 is 2.59 bits per heavy atom. The second kappa shape index (κ2) is 6.66. The molecule has 0 saturated heterocycles. The molecule has 112 valence electrons. The molecule has 0 fully saturated rings. The van der Waals surface area contributed by atoms with E-state index >= 15 is 0 Å². The lowest BCUT2D eigenvalue weighted by molar-refractivity contribution is 0.786. The van der Waals surface area contributed by atoms with Gasteiger partial charge in [0.2, 0.25) is 5.13 Å². The van der Waals surface area contributed by atoms with E-state index in [0.717, 1.165) is 24.0 Å². The van der Waals surface area contributed by atoms with Crippen LogP contribution in [0.2, 0.25) is 0 Å². The molecule has 0 aliphatic heterocycles. The number of aromatic nitrogens is 3. The van der Waals surface area contributed by atoms with E-state index in [1.165, 1.54) is 28.2 Å². The van der Waals surface area contributed by atoms with Crippen molar-refractivity contribution < 1.29 is 0 Å². The lowest BCUT2D eigenvalue weighted by atomic mass is 10.1. The van der Waals surface area contributed by atoms with Crippen LogP contribution in [-0.4, -0.2) is 14.3 Å². The summed E-state index contributed by atoms with van der Waals surface area (Å²) in [7, 11) is 0. The van der Waals surface area contributed by atoms with Crippen LogP contribution in [0, 0.1) is 13.8 Å². The van der Waals surface area contributed by atoms with Gasteiger partial charge in [0.15, 0.2) is 0 Å². The van der Waals surface area contributed by atoms with Gasteiger partial charge in [-0.05, 0) is 36.6 Å². The van der Waals surface area contributed by atoms with Crippen molar-refractivity contribution in [3.8, 4) is 0 Å². The topological polar surface area (TPSA) is 41.9 Å². The van der Waals surface area contributed by atoms with Gasteiger partial charge in [-0.3, -0.25) is 4.98 Å². The fraction of sp³-hybridized carbons (Fsp3) is 0.235. The Morgan fingerprint density at radius 1 is 1.05 bits per heavy atom. The van der Waals surface area contributed by atoms with Crippen LogP contribution < -0.4 is 4.90 Å². The monoisotopic (exact) mass is 310 g/mol. The van der Waals surface area contributed by atoms with Gasteiger partial charge in [0.05, 0.1) is 0 Å². The van der Waals surface area contributed by atoms with Crippen molar-refractivity contribution in [2.24, 2.45) is 0 Å². The number of hydrogen-bond donors (Lipinski definition) is 0. The molecule has 0 amide bonds. The van der Waals surface area contributed by atoms with E-state index in [0.29, 0.717) is 0 Å². The SMILES string of the molecule is Cc1nsc(N(Cc2cccnc2)Cc2ccccc2C)n1. The van der Waals surface area contributed by atoms with Crippen LogP contribution in [0.5, 0.6) is 0 Å². The summed E-state index contributed by atoms with van der Waals surface area (Å²) in [5.41, 5.74) is 3.77. The molecule has 0 bridgehead atoms.